The number of nitro benzene ring substituents is 1. The van der Waals surface area contributed by atoms with Gasteiger partial charge in [0.25, 0.3) is 5.69 Å². The molecule has 3 N–H and O–H groups in total. The number of hydrogen-bond acceptors (Lipinski definition) is 4. The van der Waals surface area contributed by atoms with E-state index in [1.807, 2.05) is 0 Å². The highest BCUT2D eigenvalue weighted by atomic mass is 16.6. The van der Waals surface area contributed by atoms with E-state index in [-0.39, 0.29) is 5.69 Å². The summed E-state index contributed by atoms with van der Waals surface area (Å²) < 4.78 is 0. The van der Waals surface area contributed by atoms with Crippen molar-refractivity contribution in [3.63, 3.8) is 0 Å². The lowest BCUT2D eigenvalue weighted by molar-refractivity contribution is -0.384. The van der Waals surface area contributed by atoms with Gasteiger partial charge >= 0.3 is 0 Å². The molecule has 0 radical (unpaired) electrons. The van der Waals surface area contributed by atoms with Gasteiger partial charge in [-0.1, -0.05) is 13.8 Å². The lowest BCUT2D eigenvalue weighted by Crippen LogP contribution is -2.20. The van der Waals surface area contributed by atoms with E-state index in [2.05, 4.69) is 19.2 Å². The first-order valence-corrected chi connectivity index (χ1v) is 6.22. The molecule has 0 unspecified atom stereocenters. The number of hydrogen-bond donors (Lipinski definition) is 2. The van der Waals surface area contributed by atoms with Gasteiger partial charge in [0, 0.05) is 30.1 Å². The Morgan fingerprint density at radius 1 is 1.44 bits per heavy atom. The van der Waals surface area contributed by atoms with E-state index >= 15 is 0 Å². The standard InChI is InChI=1S/C13H19N3O2/c1-9(2)13(3-4-13)8-15-11-5-10(14)6-12(7-11)16(17)18/h5-7,9,15H,3-4,8,14H2,1-2H3. The molecule has 1 aliphatic carbocycles. The molecule has 0 amide bonds. The summed E-state index contributed by atoms with van der Waals surface area (Å²) in [5.41, 5.74) is 7.21. The van der Waals surface area contributed by atoms with Crippen LogP contribution in [-0.4, -0.2) is 11.5 Å². The van der Waals surface area contributed by atoms with Crippen LogP contribution in [-0.2, 0) is 0 Å². The van der Waals surface area contributed by atoms with Crippen molar-refractivity contribution < 1.29 is 4.92 Å². The molecule has 1 aromatic carbocycles. The maximum Gasteiger partial charge on any atom is 0.273 e. The number of rotatable bonds is 5. The average molecular weight is 249 g/mol. The minimum Gasteiger partial charge on any atom is -0.398 e. The molecule has 1 aromatic rings. The van der Waals surface area contributed by atoms with Crippen molar-refractivity contribution in [1.29, 1.82) is 0 Å². The highest BCUT2D eigenvalue weighted by Gasteiger charge is 2.44. The smallest absolute Gasteiger partial charge is 0.273 e. The largest absolute Gasteiger partial charge is 0.398 e. The average Bonchev–Trinajstić information content (AvgIpc) is 3.06. The first-order valence-electron chi connectivity index (χ1n) is 6.22. The van der Waals surface area contributed by atoms with E-state index in [1.54, 1.807) is 6.07 Å². The van der Waals surface area contributed by atoms with Crippen molar-refractivity contribution in [2.45, 2.75) is 26.7 Å². The summed E-state index contributed by atoms with van der Waals surface area (Å²) in [6.45, 7) is 5.29. The third-order valence-electron chi connectivity index (χ3n) is 3.91. The third kappa shape index (κ3) is 2.55. The Balaban J connectivity index is 2.08. The molecule has 1 saturated carbocycles. The summed E-state index contributed by atoms with van der Waals surface area (Å²) in [6.07, 6.45) is 2.45. The Hall–Kier alpha value is -1.78. The highest BCUT2D eigenvalue weighted by Crippen LogP contribution is 2.51. The molecule has 0 aliphatic heterocycles. The van der Waals surface area contributed by atoms with Crippen LogP contribution in [0.2, 0.25) is 0 Å². The fraction of sp³-hybridized carbons (Fsp3) is 0.538. The molecule has 0 atom stereocenters. The van der Waals surface area contributed by atoms with E-state index in [4.69, 9.17) is 5.73 Å². The van der Waals surface area contributed by atoms with Gasteiger partial charge in [0.2, 0.25) is 0 Å². The van der Waals surface area contributed by atoms with E-state index < -0.39 is 4.92 Å². The number of nitrogens with one attached hydrogen (secondary N) is 1. The molecule has 0 spiro atoms. The molecule has 1 aliphatic rings. The Labute approximate surface area is 107 Å². The summed E-state index contributed by atoms with van der Waals surface area (Å²) in [7, 11) is 0. The van der Waals surface area contributed by atoms with Crippen LogP contribution in [0.3, 0.4) is 0 Å². The second kappa shape index (κ2) is 4.48. The molecular formula is C13H19N3O2. The van der Waals surface area contributed by atoms with Crippen molar-refractivity contribution in [1.82, 2.24) is 0 Å². The number of nitrogens with zero attached hydrogens (tertiary/aromatic N) is 1. The van der Waals surface area contributed by atoms with Crippen LogP contribution in [0, 0.1) is 21.4 Å². The van der Waals surface area contributed by atoms with Crippen LogP contribution in [0.25, 0.3) is 0 Å². The number of nitro groups is 1. The molecule has 1 fully saturated rings. The normalized spacial score (nSPS) is 16.6. The molecule has 0 bridgehead atoms. The van der Waals surface area contributed by atoms with Gasteiger partial charge in [-0.3, -0.25) is 10.1 Å². The van der Waals surface area contributed by atoms with Crippen LogP contribution in [0.4, 0.5) is 17.1 Å². The molecule has 0 heterocycles. The Bertz CT molecular complexity index is 467. The zero-order chi connectivity index (χ0) is 13.3. The number of nitrogens with two attached hydrogens (primary N) is 1. The fourth-order valence-corrected chi connectivity index (χ4v) is 2.24. The monoisotopic (exact) mass is 249 g/mol. The maximum atomic E-state index is 10.7. The molecular weight excluding hydrogens is 230 g/mol. The fourth-order valence-electron chi connectivity index (χ4n) is 2.24. The van der Waals surface area contributed by atoms with E-state index in [1.165, 1.54) is 25.0 Å². The highest BCUT2D eigenvalue weighted by molar-refractivity contribution is 5.61. The predicted molar refractivity (Wildman–Crippen MR) is 72.5 cm³/mol. The van der Waals surface area contributed by atoms with Gasteiger partial charge in [-0.25, -0.2) is 0 Å². The zero-order valence-electron chi connectivity index (χ0n) is 10.8. The van der Waals surface area contributed by atoms with E-state index in [9.17, 15) is 10.1 Å². The second-order valence-electron chi connectivity index (χ2n) is 5.44. The minimum atomic E-state index is -0.420. The van der Waals surface area contributed by atoms with Gasteiger partial charge in [0.15, 0.2) is 0 Å². The molecule has 0 saturated heterocycles. The number of non-ortho nitro benzene ring substituents is 1. The quantitative estimate of drug-likeness (QED) is 0.477. The number of nitrogen functional groups attached to an aromatic ring is 1. The zero-order valence-corrected chi connectivity index (χ0v) is 10.8. The number of benzene rings is 1. The van der Waals surface area contributed by atoms with Crippen LogP contribution in [0.1, 0.15) is 26.7 Å². The Morgan fingerprint density at radius 3 is 2.61 bits per heavy atom. The predicted octanol–water partition coefficient (Wildman–Crippen LogP) is 3.03. The Morgan fingerprint density at radius 2 is 2.11 bits per heavy atom. The SMILES string of the molecule is CC(C)C1(CNc2cc(N)cc([N+](=O)[O-])c2)CC1. The first kappa shape index (κ1) is 12.7. The van der Waals surface area contributed by atoms with Crippen LogP contribution in [0.15, 0.2) is 18.2 Å². The second-order valence-corrected chi connectivity index (χ2v) is 5.44. The van der Waals surface area contributed by atoms with Crippen LogP contribution < -0.4 is 11.1 Å². The minimum absolute atomic E-state index is 0.0342. The summed E-state index contributed by atoms with van der Waals surface area (Å²) in [4.78, 5) is 10.3. The van der Waals surface area contributed by atoms with Crippen molar-refractivity contribution in [2.24, 2.45) is 11.3 Å². The van der Waals surface area contributed by atoms with Gasteiger partial charge in [-0.15, -0.1) is 0 Å². The molecule has 5 nitrogen and oxygen atoms in total. The molecule has 98 valence electrons. The first-order chi connectivity index (χ1) is 8.43. The van der Waals surface area contributed by atoms with Gasteiger partial charge in [0.05, 0.1) is 4.92 Å². The molecule has 18 heavy (non-hydrogen) atoms. The maximum absolute atomic E-state index is 10.7. The van der Waals surface area contributed by atoms with E-state index in [0.29, 0.717) is 17.0 Å². The van der Waals surface area contributed by atoms with Gasteiger partial charge in [-0.2, -0.15) is 0 Å². The summed E-state index contributed by atoms with van der Waals surface area (Å²) >= 11 is 0. The molecule has 2 rings (SSSR count). The van der Waals surface area contributed by atoms with Gasteiger partial charge < -0.3 is 11.1 Å². The van der Waals surface area contributed by atoms with Crippen molar-refractivity contribution in [3.05, 3.63) is 28.3 Å². The third-order valence-corrected chi connectivity index (χ3v) is 3.91. The molecule has 0 aromatic heterocycles. The Kier molecular flexibility index (Phi) is 3.15. The summed E-state index contributed by atoms with van der Waals surface area (Å²) in [6, 6.07) is 4.65. The lowest BCUT2D eigenvalue weighted by Gasteiger charge is -2.20. The summed E-state index contributed by atoms with van der Waals surface area (Å²) in [5.74, 6) is 0.626. The van der Waals surface area contributed by atoms with Crippen molar-refractivity contribution >= 4 is 17.1 Å². The van der Waals surface area contributed by atoms with Gasteiger partial charge in [0.1, 0.15) is 0 Å². The van der Waals surface area contributed by atoms with Crippen LogP contribution >= 0.6 is 0 Å². The van der Waals surface area contributed by atoms with E-state index in [0.717, 1.165) is 12.2 Å². The topological polar surface area (TPSA) is 81.2 Å². The van der Waals surface area contributed by atoms with Gasteiger partial charge in [-0.05, 0) is 30.2 Å². The summed E-state index contributed by atoms with van der Waals surface area (Å²) in [5, 5.41) is 14.0. The molecule has 5 heteroatoms. The van der Waals surface area contributed by atoms with Crippen molar-refractivity contribution in [3.8, 4) is 0 Å². The lowest BCUT2D eigenvalue weighted by atomic mass is 9.92. The number of anilines is 2. The van der Waals surface area contributed by atoms with Crippen LogP contribution in [0.5, 0.6) is 0 Å². The van der Waals surface area contributed by atoms with Crippen molar-refractivity contribution in [2.75, 3.05) is 17.6 Å².